The molecule has 224 valence electrons. The van der Waals surface area contributed by atoms with Crippen LogP contribution in [0, 0.1) is 47.1 Å². The molecule has 2 atom stereocenters. The average molecular weight is 557 g/mol. The summed E-state index contributed by atoms with van der Waals surface area (Å²) < 4.78 is 40.7. The second kappa shape index (κ2) is 14.7. The van der Waals surface area contributed by atoms with Crippen molar-refractivity contribution in [2.75, 3.05) is 13.2 Å². The van der Waals surface area contributed by atoms with Crippen molar-refractivity contribution in [1.29, 1.82) is 0 Å². The number of rotatable bonds is 9. The summed E-state index contributed by atoms with van der Waals surface area (Å²) in [6.07, 6.45) is 25.5. The van der Waals surface area contributed by atoms with Crippen molar-refractivity contribution in [2.45, 2.75) is 129 Å². The smallest absolute Gasteiger partial charge is 0.200 e. The summed E-state index contributed by atoms with van der Waals surface area (Å²) in [7, 11) is 0. The normalized spacial score (nSPS) is 35.6. The number of hydrogen-bond donors (Lipinski definition) is 0. The van der Waals surface area contributed by atoms with Gasteiger partial charge in [0.1, 0.15) is 0 Å². The van der Waals surface area contributed by atoms with Gasteiger partial charge in [0, 0.05) is 0 Å². The van der Waals surface area contributed by atoms with Crippen molar-refractivity contribution in [1.82, 2.24) is 0 Å². The first-order valence-electron chi connectivity index (χ1n) is 16.9. The second-order valence-corrected chi connectivity index (χ2v) is 13.6. The molecule has 0 aromatic heterocycles. The highest BCUT2D eigenvalue weighted by atomic mass is 19.2. The van der Waals surface area contributed by atoms with Gasteiger partial charge >= 0.3 is 0 Å². The van der Waals surface area contributed by atoms with Gasteiger partial charge in [0.25, 0.3) is 0 Å². The van der Waals surface area contributed by atoms with Crippen LogP contribution in [0.2, 0.25) is 0 Å². The highest BCUT2D eigenvalue weighted by Gasteiger charge is 2.37. The molecular weight excluding hydrogens is 502 g/mol. The Morgan fingerprint density at radius 2 is 1.25 bits per heavy atom. The zero-order valence-electron chi connectivity index (χ0n) is 25.2. The van der Waals surface area contributed by atoms with Gasteiger partial charge in [-0.2, -0.15) is 4.39 Å². The Morgan fingerprint density at radius 1 is 0.725 bits per heavy atom. The van der Waals surface area contributed by atoms with Crippen LogP contribution in [0.4, 0.5) is 8.78 Å². The lowest BCUT2D eigenvalue weighted by Gasteiger charge is -2.43. The highest BCUT2D eigenvalue weighted by Crippen LogP contribution is 2.48. The van der Waals surface area contributed by atoms with Crippen LogP contribution in [0.3, 0.4) is 0 Å². The molecule has 0 radical (unpaired) electrons. The molecule has 0 spiro atoms. The molecule has 0 amide bonds. The lowest BCUT2D eigenvalue weighted by molar-refractivity contribution is -0.0432. The van der Waals surface area contributed by atoms with Crippen LogP contribution in [0.1, 0.15) is 128 Å². The van der Waals surface area contributed by atoms with Gasteiger partial charge in [-0.05, 0) is 170 Å². The first-order chi connectivity index (χ1) is 19.6. The summed E-state index contributed by atoms with van der Waals surface area (Å²) in [5.41, 5.74) is 0.558. The van der Waals surface area contributed by atoms with E-state index in [4.69, 9.17) is 9.47 Å². The molecular formula is C36H54F2O2. The number of hydrogen-bond acceptors (Lipinski definition) is 2. The summed E-state index contributed by atoms with van der Waals surface area (Å²) in [5.74, 6) is 3.88. The maximum atomic E-state index is 14.8. The fourth-order valence-electron chi connectivity index (χ4n) is 9.08. The van der Waals surface area contributed by atoms with Crippen LogP contribution in [0.25, 0.3) is 0 Å². The van der Waals surface area contributed by atoms with E-state index in [1.165, 1.54) is 83.5 Å². The Morgan fingerprint density at radius 3 is 1.75 bits per heavy atom. The molecule has 4 aliphatic rings. The third kappa shape index (κ3) is 7.31. The van der Waals surface area contributed by atoms with Crippen molar-refractivity contribution >= 4 is 0 Å². The van der Waals surface area contributed by atoms with E-state index in [1.54, 1.807) is 19.1 Å². The number of halogens is 2. The third-order valence-corrected chi connectivity index (χ3v) is 11.5. The van der Waals surface area contributed by atoms with Gasteiger partial charge in [-0.3, -0.25) is 0 Å². The molecule has 1 heterocycles. The molecule has 3 saturated carbocycles. The Hall–Kier alpha value is -1.42. The van der Waals surface area contributed by atoms with Gasteiger partial charge < -0.3 is 9.47 Å². The number of ether oxygens (including phenoxy) is 2. The van der Waals surface area contributed by atoms with Gasteiger partial charge in [-0.1, -0.05) is 18.2 Å². The fraction of sp³-hybridized carbons (Fsp3) is 0.778. The predicted molar refractivity (Wildman–Crippen MR) is 160 cm³/mol. The van der Waals surface area contributed by atoms with Gasteiger partial charge in [0.05, 0.1) is 19.3 Å². The van der Waals surface area contributed by atoms with Crippen LogP contribution >= 0.6 is 0 Å². The Bertz CT molecular complexity index is 928. The molecule has 5 rings (SSSR count). The number of allylic oxidation sites excluding steroid dienone is 2. The molecule has 40 heavy (non-hydrogen) atoms. The lowest BCUT2D eigenvalue weighted by atomic mass is 9.64. The predicted octanol–water partition coefficient (Wildman–Crippen LogP) is 10.4. The zero-order chi connectivity index (χ0) is 27.9. The molecule has 3 aliphatic carbocycles. The SMILES string of the molecule is C/C=C/CCC1CCC(C2CCC(C3CCC(C4CCC(c5ccc(OCC)c(F)c5F)CC4)CC3)CC2)CO1. The molecule has 1 saturated heterocycles. The quantitative estimate of drug-likeness (QED) is 0.282. The minimum absolute atomic E-state index is 0.0371. The Labute approximate surface area is 242 Å². The largest absolute Gasteiger partial charge is 0.491 e. The van der Waals surface area contributed by atoms with E-state index >= 15 is 0 Å². The van der Waals surface area contributed by atoms with Gasteiger partial charge in [-0.25, -0.2) is 4.39 Å². The third-order valence-electron chi connectivity index (χ3n) is 11.5. The molecule has 2 nitrogen and oxygen atoms in total. The maximum Gasteiger partial charge on any atom is 0.200 e. The molecule has 2 unspecified atom stereocenters. The van der Waals surface area contributed by atoms with Crippen molar-refractivity contribution in [2.24, 2.45) is 35.5 Å². The van der Waals surface area contributed by atoms with Crippen LogP contribution in [0.5, 0.6) is 5.75 Å². The van der Waals surface area contributed by atoms with Crippen LogP contribution in [0.15, 0.2) is 24.3 Å². The van der Waals surface area contributed by atoms with Gasteiger partial charge in [0.2, 0.25) is 5.82 Å². The first-order valence-corrected chi connectivity index (χ1v) is 16.9. The monoisotopic (exact) mass is 556 g/mol. The number of benzene rings is 1. The van der Waals surface area contributed by atoms with Crippen molar-refractivity contribution in [3.8, 4) is 5.75 Å². The lowest BCUT2D eigenvalue weighted by Crippen LogP contribution is -2.34. The van der Waals surface area contributed by atoms with E-state index < -0.39 is 11.6 Å². The summed E-state index contributed by atoms with van der Waals surface area (Å²) in [6, 6.07) is 3.38. The molecule has 0 bridgehead atoms. The van der Waals surface area contributed by atoms with Crippen molar-refractivity contribution < 1.29 is 18.3 Å². The topological polar surface area (TPSA) is 18.5 Å². The maximum absolute atomic E-state index is 14.8. The Balaban J connectivity index is 1.01. The van der Waals surface area contributed by atoms with Crippen LogP contribution in [-0.4, -0.2) is 19.3 Å². The molecule has 1 aromatic carbocycles. The van der Waals surface area contributed by atoms with Gasteiger partial charge in [0.15, 0.2) is 11.6 Å². The fourth-order valence-corrected chi connectivity index (χ4v) is 9.08. The van der Waals surface area contributed by atoms with E-state index in [1.807, 2.05) is 0 Å². The average Bonchev–Trinajstić information content (AvgIpc) is 3.01. The molecule has 1 aliphatic heterocycles. The summed E-state index contributed by atoms with van der Waals surface area (Å²) in [5, 5.41) is 0. The second-order valence-electron chi connectivity index (χ2n) is 13.6. The summed E-state index contributed by atoms with van der Waals surface area (Å²) in [6.45, 7) is 5.24. The van der Waals surface area contributed by atoms with E-state index in [0.717, 1.165) is 61.4 Å². The van der Waals surface area contributed by atoms with Gasteiger partial charge in [-0.15, -0.1) is 0 Å². The van der Waals surface area contributed by atoms with Crippen molar-refractivity contribution in [3.63, 3.8) is 0 Å². The molecule has 4 fully saturated rings. The minimum atomic E-state index is -0.815. The minimum Gasteiger partial charge on any atom is -0.491 e. The van der Waals surface area contributed by atoms with Crippen molar-refractivity contribution in [3.05, 3.63) is 41.5 Å². The van der Waals surface area contributed by atoms with E-state index in [2.05, 4.69) is 19.1 Å². The highest BCUT2D eigenvalue weighted by molar-refractivity contribution is 5.33. The molecule has 0 N–H and O–H groups in total. The van der Waals surface area contributed by atoms with E-state index in [0.29, 0.717) is 18.3 Å². The summed E-state index contributed by atoms with van der Waals surface area (Å²) >= 11 is 0. The zero-order valence-corrected chi connectivity index (χ0v) is 25.2. The standard InChI is InChI=1S/C36H54F2O2/c1-3-5-6-7-32-21-20-31(24-40-32)29-14-12-27(13-15-29)25-8-10-26(11-9-25)28-16-18-30(19-17-28)33-22-23-34(39-4-2)36(38)35(33)37/h3,5,22-23,25-32H,4,6-21,24H2,1-2H3/b5-3+. The Kier molecular flexibility index (Phi) is 11.0. The summed E-state index contributed by atoms with van der Waals surface area (Å²) in [4.78, 5) is 0. The van der Waals surface area contributed by atoms with E-state index in [-0.39, 0.29) is 11.7 Å². The molecule has 1 aromatic rings. The first kappa shape index (κ1) is 30.1. The van der Waals surface area contributed by atoms with E-state index in [9.17, 15) is 8.78 Å². The molecule has 4 heteroatoms. The van der Waals surface area contributed by atoms with Crippen LogP contribution in [-0.2, 0) is 4.74 Å². The van der Waals surface area contributed by atoms with Crippen LogP contribution < -0.4 is 4.74 Å².